The van der Waals surface area contributed by atoms with Crippen molar-refractivity contribution >= 4 is 0 Å². The highest BCUT2D eigenvalue weighted by Gasteiger charge is 2.13. The molecule has 0 aliphatic heterocycles. The highest BCUT2D eigenvalue weighted by Crippen LogP contribution is 2.22. The molecule has 0 amide bonds. The largest absolute Gasteiger partial charge is 0.361 e. The lowest BCUT2D eigenvalue weighted by Gasteiger charge is -1.98. The average molecular weight is 207 g/mol. The van der Waals surface area contributed by atoms with E-state index in [0.717, 1.165) is 11.8 Å². The standard InChI is InChI=1S/C10H10FN3O/c1-6-8(4-12)10(14-15-6)9-3-2-7(11)5-13-9/h2-3,5H,4,12H2,1H3. The van der Waals surface area contributed by atoms with Crippen LogP contribution in [0.25, 0.3) is 11.4 Å². The van der Waals surface area contributed by atoms with Gasteiger partial charge >= 0.3 is 0 Å². The molecule has 0 aliphatic carbocycles. The topological polar surface area (TPSA) is 64.9 Å². The van der Waals surface area contributed by atoms with E-state index in [1.54, 1.807) is 13.0 Å². The Kier molecular flexibility index (Phi) is 2.47. The van der Waals surface area contributed by atoms with Gasteiger partial charge < -0.3 is 10.3 Å². The number of rotatable bonds is 2. The fourth-order valence-electron chi connectivity index (χ4n) is 1.35. The van der Waals surface area contributed by atoms with Gasteiger partial charge in [0.1, 0.15) is 17.3 Å². The van der Waals surface area contributed by atoms with Crippen molar-refractivity contribution in [3.05, 3.63) is 35.5 Å². The molecule has 0 spiro atoms. The second kappa shape index (κ2) is 3.78. The summed E-state index contributed by atoms with van der Waals surface area (Å²) in [5.41, 5.74) is 7.50. The van der Waals surface area contributed by atoms with Crippen LogP contribution in [0.4, 0.5) is 4.39 Å². The van der Waals surface area contributed by atoms with Crippen LogP contribution in [-0.2, 0) is 6.54 Å². The first-order valence-corrected chi connectivity index (χ1v) is 4.49. The molecular weight excluding hydrogens is 197 g/mol. The van der Waals surface area contributed by atoms with Gasteiger partial charge in [0.05, 0.1) is 11.9 Å². The third-order valence-corrected chi connectivity index (χ3v) is 2.16. The molecule has 15 heavy (non-hydrogen) atoms. The second-order valence-electron chi connectivity index (χ2n) is 3.13. The smallest absolute Gasteiger partial charge is 0.141 e. The lowest BCUT2D eigenvalue weighted by molar-refractivity contribution is 0.398. The van der Waals surface area contributed by atoms with Gasteiger partial charge in [-0.1, -0.05) is 5.16 Å². The molecule has 2 rings (SSSR count). The third-order valence-electron chi connectivity index (χ3n) is 2.16. The number of hydrogen-bond donors (Lipinski definition) is 1. The maximum atomic E-state index is 12.7. The SMILES string of the molecule is Cc1onc(-c2ccc(F)cn2)c1CN. The zero-order valence-corrected chi connectivity index (χ0v) is 8.20. The van der Waals surface area contributed by atoms with Crippen molar-refractivity contribution in [1.29, 1.82) is 0 Å². The molecule has 0 fully saturated rings. The van der Waals surface area contributed by atoms with Gasteiger partial charge in [0.15, 0.2) is 0 Å². The Bertz CT molecular complexity index is 464. The van der Waals surface area contributed by atoms with Crippen molar-refractivity contribution in [1.82, 2.24) is 10.1 Å². The molecule has 2 N–H and O–H groups in total. The fourth-order valence-corrected chi connectivity index (χ4v) is 1.35. The lowest BCUT2D eigenvalue weighted by atomic mass is 10.1. The van der Waals surface area contributed by atoms with Crippen LogP contribution < -0.4 is 5.73 Å². The van der Waals surface area contributed by atoms with Gasteiger partial charge in [-0.15, -0.1) is 0 Å². The van der Waals surface area contributed by atoms with E-state index in [-0.39, 0.29) is 5.82 Å². The Morgan fingerprint density at radius 2 is 2.27 bits per heavy atom. The number of nitrogens with zero attached hydrogens (tertiary/aromatic N) is 2. The van der Waals surface area contributed by atoms with Gasteiger partial charge in [0.2, 0.25) is 0 Å². The van der Waals surface area contributed by atoms with Crippen LogP contribution in [0.15, 0.2) is 22.9 Å². The Balaban J connectivity index is 2.49. The summed E-state index contributed by atoms with van der Waals surface area (Å²) in [4.78, 5) is 3.92. The van der Waals surface area contributed by atoms with Crippen LogP contribution in [0.1, 0.15) is 11.3 Å². The summed E-state index contributed by atoms with van der Waals surface area (Å²) in [5.74, 6) is 0.284. The summed E-state index contributed by atoms with van der Waals surface area (Å²) in [6.07, 6.45) is 1.14. The molecule has 0 atom stereocenters. The van der Waals surface area contributed by atoms with Crippen LogP contribution in [0.5, 0.6) is 0 Å². The molecule has 0 aliphatic rings. The molecule has 4 nitrogen and oxygen atoms in total. The maximum Gasteiger partial charge on any atom is 0.141 e. The maximum absolute atomic E-state index is 12.7. The molecule has 0 unspecified atom stereocenters. The molecule has 2 aromatic heterocycles. The molecule has 0 saturated carbocycles. The highest BCUT2D eigenvalue weighted by atomic mass is 19.1. The van der Waals surface area contributed by atoms with Crippen molar-refractivity contribution in [2.24, 2.45) is 5.73 Å². The van der Waals surface area contributed by atoms with Gasteiger partial charge in [0.25, 0.3) is 0 Å². The van der Waals surface area contributed by atoms with Gasteiger partial charge in [-0.2, -0.15) is 0 Å². The van der Waals surface area contributed by atoms with Crippen LogP contribution in [0.3, 0.4) is 0 Å². The monoisotopic (exact) mass is 207 g/mol. The van der Waals surface area contributed by atoms with Crippen LogP contribution in [0.2, 0.25) is 0 Å². The summed E-state index contributed by atoms with van der Waals surface area (Å²) in [5, 5.41) is 3.85. The Morgan fingerprint density at radius 1 is 1.47 bits per heavy atom. The van der Waals surface area contributed by atoms with E-state index >= 15 is 0 Å². The van der Waals surface area contributed by atoms with Crippen LogP contribution in [-0.4, -0.2) is 10.1 Å². The fraction of sp³-hybridized carbons (Fsp3) is 0.200. The molecule has 2 aromatic rings. The van der Waals surface area contributed by atoms with Crippen molar-refractivity contribution < 1.29 is 8.91 Å². The quantitative estimate of drug-likeness (QED) is 0.813. The molecule has 5 heteroatoms. The van der Waals surface area contributed by atoms with E-state index in [2.05, 4.69) is 10.1 Å². The number of halogens is 1. The van der Waals surface area contributed by atoms with E-state index < -0.39 is 0 Å². The molecule has 78 valence electrons. The highest BCUT2D eigenvalue weighted by molar-refractivity contribution is 5.58. The predicted octanol–water partition coefficient (Wildman–Crippen LogP) is 1.64. The molecule has 0 radical (unpaired) electrons. The molecule has 2 heterocycles. The molecule has 0 bridgehead atoms. The van der Waals surface area contributed by atoms with Gasteiger partial charge in [0, 0.05) is 12.1 Å². The van der Waals surface area contributed by atoms with Gasteiger partial charge in [-0.25, -0.2) is 4.39 Å². The number of aromatic nitrogens is 2. The van der Waals surface area contributed by atoms with E-state index in [1.807, 2.05) is 0 Å². The summed E-state index contributed by atoms with van der Waals surface area (Å²) < 4.78 is 17.7. The number of hydrogen-bond acceptors (Lipinski definition) is 4. The van der Waals surface area contributed by atoms with Crippen molar-refractivity contribution in [2.45, 2.75) is 13.5 Å². The first-order chi connectivity index (χ1) is 7.22. The van der Waals surface area contributed by atoms with E-state index in [1.165, 1.54) is 6.07 Å². The van der Waals surface area contributed by atoms with Crippen LogP contribution >= 0.6 is 0 Å². The van der Waals surface area contributed by atoms with E-state index in [9.17, 15) is 4.39 Å². The average Bonchev–Trinajstić information content (AvgIpc) is 2.61. The number of nitrogens with two attached hydrogens (primary N) is 1. The van der Waals surface area contributed by atoms with Crippen molar-refractivity contribution in [2.75, 3.05) is 0 Å². The zero-order chi connectivity index (χ0) is 10.8. The Morgan fingerprint density at radius 3 is 2.87 bits per heavy atom. The molecule has 0 saturated heterocycles. The van der Waals surface area contributed by atoms with Crippen molar-refractivity contribution in [3.8, 4) is 11.4 Å². The van der Waals surface area contributed by atoms with Crippen molar-refractivity contribution in [3.63, 3.8) is 0 Å². The Hall–Kier alpha value is -1.75. The van der Waals surface area contributed by atoms with Gasteiger partial charge in [-0.3, -0.25) is 4.98 Å². The normalized spacial score (nSPS) is 10.6. The minimum atomic E-state index is -0.381. The lowest BCUT2D eigenvalue weighted by Crippen LogP contribution is -1.99. The Labute approximate surface area is 85.9 Å². The number of aryl methyl sites for hydroxylation is 1. The van der Waals surface area contributed by atoms with E-state index in [0.29, 0.717) is 23.7 Å². The number of pyridine rings is 1. The molecular formula is C10H10FN3O. The summed E-state index contributed by atoms with van der Waals surface area (Å²) in [6, 6.07) is 2.87. The predicted molar refractivity (Wildman–Crippen MR) is 52.3 cm³/mol. The van der Waals surface area contributed by atoms with Crippen LogP contribution in [0, 0.1) is 12.7 Å². The second-order valence-corrected chi connectivity index (χ2v) is 3.13. The summed E-state index contributed by atoms with van der Waals surface area (Å²) in [7, 11) is 0. The third kappa shape index (κ3) is 1.73. The zero-order valence-electron chi connectivity index (χ0n) is 8.20. The van der Waals surface area contributed by atoms with E-state index in [4.69, 9.17) is 10.3 Å². The minimum absolute atomic E-state index is 0.323. The first-order valence-electron chi connectivity index (χ1n) is 4.49. The summed E-state index contributed by atoms with van der Waals surface area (Å²) in [6.45, 7) is 2.10. The van der Waals surface area contributed by atoms with Gasteiger partial charge in [-0.05, 0) is 19.1 Å². The summed E-state index contributed by atoms with van der Waals surface area (Å²) >= 11 is 0. The molecule has 0 aromatic carbocycles. The minimum Gasteiger partial charge on any atom is -0.361 e. The first kappa shape index (κ1) is 9.79.